The van der Waals surface area contributed by atoms with Crippen LogP contribution in [0.25, 0.3) is 0 Å². The van der Waals surface area contributed by atoms with Gasteiger partial charge in [0.1, 0.15) is 5.82 Å². The Labute approximate surface area is 105 Å². The molecule has 0 spiro atoms. The van der Waals surface area contributed by atoms with E-state index in [0.717, 1.165) is 0 Å². The second-order valence-corrected chi connectivity index (χ2v) is 3.65. The van der Waals surface area contributed by atoms with E-state index in [0.29, 0.717) is 17.3 Å². The first-order valence-electron chi connectivity index (χ1n) is 5.01. The number of anilines is 1. The van der Waals surface area contributed by atoms with Crippen LogP contribution in [0.1, 0.15) is 0 Å². The van der Waals surface area contributed by atoms with Crippen molar-refractivity contribution < 1.29 is 13.9 Å². The Bertz CT molecular complexity index is 372. The lowest BCUT2D eigenvalue weighted by Crippen LogP contribution is -2.36. The highest BCUT2D eigenvalue weighted by atomic mass is 32.1. The van der Waals surface area contributed by atoms with E-state index in [1.807, 2.05) is 0 Å². The van der Waals surface area contributed by atoms with Crippen molar-refractivity contribution in [1.29, 1.82) is 0 Å². The van der Waals surface area contributed by atoms with Crippen LogP contribution in [0.4, 0.5) is 10.1 Å². The van der Waals surface area contributed by atoms with Gasteiger partial charge in [0, 0.05) is 19.9 Å². The van der Waals surface area contributed by atoms with Crippen LogP contribution < -0.4 is 10.6 Å². The minimum absolute atomic E-state index is 0.315. The van der Waals surface area contributed by atoms with Crippen LogP contribution in [0, 0.1) is 5.82 Å². The van der Waals surface area contributed by atoms with Crippen molar-refractivity contribution in [3.63, 3.8) is 0 Å². The third-order valence-corrected chi connectivity index (χ3v) is 2.28. The fourth-order valence-corrected chi connectivity index (χ4v) is 1.38. The predicted molar refractivity (Wildman–Crippen MR) is 68.4 cm³/mol. The van der Waals surface area contributed by atoms with Crippen molar-refractivity contribution in [2.24, 2.45) is 0 Å². The van der Waals surface area contributed by atoms with Gasteiger partial charge in [-0.2, -0.15) is 0 Å². The van der Waals surface area contributed by atoms with Crippen LogP contribution in [-0.2, 0) is 9.47 Å². The van der Waals surface area contributed by atoms with Gasteiger partial charge >= 0.3 is 0 Å². The molecular weight excluding hydrogens is 243 g/mol. The van der Waals surface area contributed by atoms with Crippen LogP contribution in [0.15, 0.2) is 24.3 Å². The summed E-state index contributed by atoms with van der Waals surface area (Å²) in [5.74, 6) is -0.315. The monoisotopic (exact) mass is 258 g/mol. The second kappa shape index (κ2) is 7.16. The number of thiocarbonyl (C=S) groups is 1. The number of methoxy groups -OCH3 is 2. The smallest absolute Gasteiger partial charge is 0.174 e. The summed E-state index contributed by atoms with van der Waals surface area (Å²) in [5.41, 5.74) is 0.592. The first-order chi connectivity index (χ1) is 8.15. The third kappa shape index (κ3) is 5.08. The molecule has 0 saturated heterocycles. The molecule has 0 saturated carbocycles. The summed E-state index contributed by atoms with van der Waals surface area (Å²) >= 11 is 5.04. The van der Waals surface area contributed by atoms with Crippen molar-refractivity contribution in [1.82, 2.24) is 5.32 Å². The van der Waals surface area contributed by atoms with Gasteiger partial charge in [0.2, 0.25) is 0 Å². The van der Waals surface area contributed by atoms with Crippen LogP contribution in [0.2, 0.25) is 0 Å². The molecule has 0 aliphatic rings. The van der Waals surface area contributed by atoms with E-state index in [9.17, 15) is 4.39 Å². The van der Waals surface area contributed by atoms with E-state index < -0.39 is 0 Å². The van der Waals surface area contributed by atoms with Gasteiger partial charge in [0.05, 0.1) is 6.54 Å². The van der Waals surface area contributed by atoms with Gasteiger partial charge in [-0.3, -0.25) is 0 Å². The molecule has 1 rings (SSSR count). The molecule has 0 aliphatic carbocycles. The maximum Gasteiger partial charge on any atom is 0.174 e. The van der Waals surface area contributed by atoms with Crippen LogP contribution >= 0.6 is 12.2 Å². The van der Waals surface area contributed by atoms with Crippen molar-refractivity contribution in [3.05, 3.63) is 30.1 Å². The van der Waals surface area contributed by atoms with Crippen molar-refractivity contribution in [2.45, 2.75) is 6.29 Å². The van der Waals surface area contributed by atoms with Gasteiger partial charge < -0.3 is 20.1 Å². The normalized spacial score (nSPS) is 10.4. The lowest BCUT2D eigenvalue weighted by Gasteiger charge is -2.16. The van der Waals surface area contributed by atoms with Crippen LogP contribution in [0.5, 0.6) is 0 Å². The Morgan fingerprint density at radius 1 is 1.41 bits per heavy atom. The highest BCUT2D eigenvalue weighted by Gasteiger charge is 2.05. The van der Waals surface area contributed by atoms with E-state index in [2.05, 4.69) is 10.6 Å². The molecule has 0 amide bonds. The largest absolute Gasteiger partial charge is 0.357 e. The van der Waals surface area contributed by atoms with Crippen LogP contribution in [0.3, 0.4) is 0 Å². The van der Waals surface area contributed by atoms with Crippen LogP contribution in [-0.4, -0.2) is 32.2 Å². The average Bonchev–Trinajstić information content (AvgIpc) is 2.30. The summed E-state index contributed by atoms with van der Waals surface area (Å²) in [7, 11) is 3.08. The molecule has 0 aromatic heterocycles. The molecule has 0 unspecified atom stereocenters. The second-order valence-electron chi connectivity index (χ2n) is 3.25. The molecule has 94 valence electrons. The van der Waals surface area contributed by atoms with Crippen molar-refractivity contribution in [3.8, 4) is 0 Å². The summed E-state index contributed by atoms with van der Waals surface area (Å²) < 4.78 is 22.9. The maximum absolute atomic E-state index is 12.9. The van der Waals surface area contributed by atoms with E-state index >= 15 is 0 Å². The fraction of sp³-hybridized carbons (Fsp3) is 0.364. The van der Waals surface area contributed by atoms with Gasteiger partial charge in [-0.05, 0) is 30.4 Å². The molecule has 0 atom stereocenters. The molecule has 0 bridgehead atoms. The summed E-state index contributed by atoms with van der Waals surface area (Å²) in [6.07, 6.45) is -0.373. The van der Waals surface area contributed by atoms with E-state index in [1.165, 1.54) is 12.1 Å². The fourth-order valence-electron chi connectivity index (χ4n) is 1.18. The molecule has 0 heterocycles. The molecule has 1 aromatic rings. The molecule has 6 heteroatoms. The highest BCUT2D eigenvalue weighted by molar-refractivity contribution is 7.80. The maximum atomic E-state index is 12.9. The number of ether oxygens (including phenoxy) is 2. The quantitative estimate of drug-likeness (QED) is 0.622. The van der Waals surface area contributed by atoms with Gasteiger partial charge in [-0.25, -0.2) is 4.39 Å². The van der Waals surface area contributed by atoms with Crippen molar-refractivity contribution in [2.75, 3.05) is 26.1 Å². The number of hydrogen-bond acceptors (Lipinski definition) is 3. The van der Waals surface area contributed by atoms with E-state index in [1.54, 1.807) is 26.4 Å². The summed E-state index contributed by atoms with van der Waals surface area (Å²) in [4.78, 5) is 0. The molecule has 0 aliphatic heterocycles. The number of rotatable bonds is 5. The SMILES string of the molecule is COC(CNC(=S)Nc1cccc(F)c1)OC. The number of benzene rings is 1. The molecule has 2 N–H and O–H groups in total. The topological polar surface area (TPSA) is 42.5 Å². The summed E-state index contributed by atoms with van der Waals surface area (Å²) in [6.45, 7) is 0.411. The minimum atomic E-state index is -0.373. The Kier molecular flexibility index (Phi) is 5.82. The third-order valence-electron chi connectivity index (χ3n) is 2.04. The zero-order valence-corrected chi connectivity index (χ0v) is 10.5. The Morgan fingerprint density at radius 2 is 2.12 bits per heavy atom. The molecule has 0 radical (unpaired) electrons. The van der Waals surface area contributed by atoms with E-state index in [-0.39, 0.29) is 12.1 Å². The number of nitrogens with one attached hydrogen (secondary N) is 2. The number of hydrogen-bond donors (Lipinski definition) is 2. The number of halogens is 1. The molecular formula is C11H15FN2O2S. The Morgan fingerprint density at radius 3 is 2.71 bits per heavy atom. The molecule has 0 fully saturated rings. The van der Waals surface area contributed by atoms with Gasteiger partial charge in [-0.15, -0.1) is 0 Å². The molecule has 4 nitrogen and oxygen atoms in total. The zero-order valence-electron chi connectivity index (χ0n) is 9.70. The Hall–Kier alpha value is -1.24. The minimum Gasteiger partial charge on any atom is -0.357 e. The van der Waals surface area contributed by atoms with E-state index in [4.69, 9.17) is 21.7 Å². The highest BCUT2D eigenvalue weighted by Crippen LogP contribution is 2.08. The molecule has 17 heavy (non-hydrogen) atoms. The first-order valence-corrected chi connectivity index (χ1v) is 5.42. The molecule has 1 aromatic carbocycles. The average molecular weight is 258 g/mol. The van der Waals surface area contributed by atoms with Gasteiger partial charge in [-0.1, -0.05) is 6.07 Å². The van der Waals surface area contributed by atoms with Gasteiger partial charge in [0.25, 0.3) is 0 Å². The Balaban J connectivity index is 2.39. The van der Waals surface area contributed by atoms with Gasteiger partial charge in [0.15, 0.2) is 11.4 Å². The summed E-state index contributed by atoms with van der Waals surface area (Å²) in [5, 5.41) is 6.14. The first kappa shape index (κ1) is 13.8. The van der Waals surface area contributed by atoms with Crippen molar-refractivity contribution >= 4 is 23.0 Å². The standard InChI is InChI=1S/C11H15FN2O2S/c1-15-10(16-2)7-13-11(17)14-9-5-3-4-8(12)6-9/h3-6,10H,7H2,1-2H3,(H2,13,14,17). The lowest BCUT2D eigenvalue weighted by atomic mass is 10.3. The zero-order chi connectivity index (χ0) is 12.7. The lowest BCUT2D eigenvalue weighted by molar-refractivity contribution is -0.0964. The summed E-state index contributed by atoms with van der Waals surface area (Å²) in [6, 6.07) is 6.06. The predicted octanol–water partition coefficient (Wildman–Crippen LogP) is 1.73.